The number of ether oxygens (including phenoxy) is 4. The van der Waals surface area contributed by atoms with Gasteiger partial charge in [0.15, 0.2) is 29.4 Å². The van der Waals surface area contributed by atoms with Crippen LogP contribution in [0.2, 0.25) is 0 Å². The van der Waals surface area contributed by atoms with Crippen LogP contribution in [0.3, 0.4) is 0 Å². The van der Waals surface area contributed by atoms with Gasteiger partial charge in [0.05, 0.1) is 22.4 Å². The van der Waals surface area contributed by atoms with Crippen LogP contribution in [0.5, 0.6) is 0 Å². The topological polar surface area (TPSA) is 140 Å². The molecule has 1 aliphatic rings. The van der Waals surface area contributed by atoms with Gasteiger partial charge in [-0.1, -0.05) is 96.7 Å². The average molecular weight is 691 g/mol. The Morgan fingerprint density at radius 2 is 1.12 bits per heavy atom. The molecule has 1 aliphatic heterocycles. The number of carbonyl (C=O) groups excluding carboxylic acids is 4. The van der Waals surface area contributed by atoms with E-state index in [0.717, 1.165) is 11.8 Å². The number of benzene rings is 4. The summed E-state index contributed by atoms with van der Waals surface area (Å²) in [6.45, 7) is -0.390. The van der Waals surface area contributed by atoms with Crippen molar-refractivity contribution >= 4 is 35.5 Å². The number of Topliss-reactive ketones (excluding diaryl/α,β-unsaturated/α-hetero) is 1. The van der Waals surface area contributed by atoms with Crippen molar-refractivity contribution in [1.82, 2.24) is 9.55 Å². The highest BCUT2D eigenvalue weighted by Gasteiger charge is 2.51. The molecule has 0 N–H and O–H groups in total. The van der Waals surface area contributed by atoms with Gasteiger partial charge in [-0.3, -0.25) is 14.2 Å². The zero-order chi connectivity index (χ0) is 34.9. The molecule has 252 valence electrons. The van der Waals surface area contributed by atoms with Gasteiger partial charge in [0.25, 0.3) is 5.56 Å². The standard InChI is InChI=1S/C38H30N2O9S/c41-29(25-13-5-1-6-14-25)24-50-38-39-31(42)21-22-40(38)34-33(49-37(45)28-19-11-4-12-20-28)32(48-36(44)27-17-9-3-10-18-27)30(47-34)23-46-35(43)26-15-7-2-8-16-26/h1-22,30,32-34H,23-24H2/t30-,32-,33-,34-/m1/s1. The lowest BCUT2D eigenvalue weighted by molar-refractivity contribution is -0.0663. The first-order valence-electron chi connectivity index (χ1n) is 15.6. The van der Waals surface area contributed by atoms with Crippen molar-refractivity contribution in [2.45, 2.75) is 29.7 Å². The number of esters is 3. The van der Waals surface area contributed by atoms with Crippen molar-refractivity contribution in [3.63, 3.8) is 0 Å². The molecule has 1 fully saturated rings. The fraction of sp³-hybridized carbons (Fsp3) is 0.158. The van der Waals surface area contributed by atoms with Crippen LogP contribution in [-0.4, -0.2) is 63.9 Å². The molecule has 0 amide bonds. The van der Waals surface area contributed by atoms with Gasteiger partial charge in [0.1, 0.15) is 12.7 Å². The predicted octanol–water partition coefficient (Wildman–Crippen LogP) is 5.42. The van der Waals surface area contributed by atoms with Gasteiger partial charge >= 0.3 is 17.9 Å². The van der Waals surface area contributed by atoms with Crippen molar-refractivity contribution in [1.29, 1.82) is 0 Å². The Morgan fingerprint density at radius 1 is 0.640 bits per heavy atom. The summed E-state index contributed by atoms with van der Waals surface area (Å²) in [4.78, 5) is 69.5. The fourth-order valence-corrected chi connectivity index (χ4v) is 6.11. The van der Waals surface area contributed by atoms with Crippen LogP contribution in [-0.2, 0) is 18.9 Å². The Bertz CT molecular complexity index is 2010. The lowest BCUT2D eigenvalue weighted by Gasteiger charge is -2.26. The van der Waals surface area contributed by atoms with Gasteiger partial charge in [-0.05, 0) is 36.4 Å². The number of nitrogens with zero attached hydrogens (tertiary/aromatic N) is 2. The molecule has 6 rings (SSSR count). The number of thioether (sulfide) groups is 1. The van der Waals surface area contributed by atoms with Crippen LogP contribution in [0, 0.1) is 0 Å². The summed E-state index contributed by atoms with van der Waals surface area (Å²) in [6.07, 6.45) is -3.61. The van der Waals surface area contributed by atoms with Crippen molar-refractivity contribution in [3.8, 4) is 0 Å². The summed E-state index contributed by atoms with van der Waals surface area (Å²) < 4.78 is 25.5. The van der Waals surface area contributed by atoms with Crippen molar-refractivity contribution < 1.29 is 38.1 Å². The van der Waals surface area contributed by atoms with Gasteiger partial charge in [0.2, 0.25) is 0 Å². The third-order valence-corrected chi connectivity index (χ3v) is 8.65. The Hall–Kier alpha value is -5.85. The quantitative estimate of drug-likeness (QED) is 0.0545. The van der Waals surface area contributed by atoms with E-state index < -0.39 is 48.0 Å². The summed E-state index contributed by atoms with van der Waals surface area (Å²) in [5.41, 5.74) is 0.638. The van der Waals surface area contributed by atoms with Crippen LogP contribution in [0.15, 0.2) is 144 Å². The molecule has 0 spiro atoms. The normalized spacial score (nSPS) is 18.2. The molecule has 0 aliphatic carbocycles. The molecule has 1 aromatic heterocycles. The highest BCUT2D eigenvalue weighted by atomic mass is 32.2. The maximum atomic E-state index is 13.5. The van der Waals surface area contributed by atoms with Crippen LogP contribution in [0.1, 0.15) is 47.7 Å². The van der Waals surface area contributed by atoms with E-state index in [-0.39, 0.29) is 34.4 Å². The van der Waals surface area contributed by atoms with E-state index >= 15 is 0 Å². The van der Waals surface area contributed by atoms with Crippen LogP contribution < -0.4 is 5.56 Å². The molecular formula is C38H30N2O9S. The largest absolute Gasteiger partial charge is 0.459 e. The molecule has 2 heterocycles. The van der Waals surface area contributed by atoms with E-state index in [1.807, 2.05) is 0 Å². The van der Waals surface area contributed by atoms with Crippen LogP contribution >= 0.6 is 11.8 Å². The number of aromatic nitrogens is 2. The van der Waals surface area contributed by atoms with E-state index in [2.05, 4.69) is 4.98 Å². The highest BCUT2D eigenvalue weighted by Crippen LogP contribution is 2.37. The van der Waals surface area contributed by atoms with Crippen molar-refractivity contribution in [3.05, 3.63) is 166 Å². The highest BCUT2D eigenvalue weighted by molar-refractivity contribution is 7.99. The zero-order valence-electron chi connectivity index (χ0n) is 26.4. The van der Waals surface area contributed by atoms with E-state index in [9.17, 15) is 24.0 Å². The van der Waals surface area contributed by atoms with Gasteiger partial charge in [-0.15, -0.1) is 0 Å². The molecule has 12 heteroatoms. The lowest BCUT2D eigenvalue weighted by atomic mass is 10.1. The maximum absolute atomic E-state index is 13.5. The Labute approximate surface area is 290 Å². The molecule has 4 atom stereocenters. The summed E-state index contributed by atoms with van der Waals surface area (Å²) >= 11 is 0.986. The van der Waals surface area contributed by atoms with Crippen LogP contribution in [0.25, 0.3) is 0 Å². The van der Waals surface area contributed by atoms with E-state index in [1.54, 1.807) is 121 Å². The Morgan fingerprint density at radius 3 is 1.66 bits per heavy atom. The van der Waals surface area contributed by atoms with Crippen LogP contribution in [0.4, 0.5) is 0 Å². The third-order valence-electron chi connectivity index (χ3n) is 7.69. The molecule has 4 aromatic carbocycles. The second kappa shape index (κ2) is 16.0. The lowest BCUT2D eigenvalue weighted by Crippen LogP contribution is -2.41. The minimum absolute atomic E-state index is 0.0772. The molecule has 50 heavy (non-hydrogen) atoms. The molecule has 0 unspecified atom stereocenters. The summed E-state index contributed by atoms with van der Waals surface area (Å²) in [5, 5.41) is 0.0857. The summed E-state index contributed by atoms with van der Waals surface area (Å²) in [5.74, 6) is -2.41. The summed E-state index contributed by atoms with van der Waals surface area (Å²) in [7, 11) is 0. The second-order valence-corrected chi connectivity index (χ2v) is 12.0. The SMILES string of the molecule is O=C(CSc1nc(=O)ccn1[C@@H]1O[C@H](COC(=O)c2ccccc2)[C@@H](OC(=O)c2ccccc2)[C@H]1OC(=O)c1ccccc1)c1ccccc1. The first-order chi connectivity index (χ1) is 24.4. The minimum Gasteiger partial charge on any atom is -0.459 e. The molecule has 0 bridgehead atoms. The second-order valence-electron chi connectivity index (χ2n) is 11.0. The number of hydrogen-bond acceptors (Lipinski definition) is 11. The van der Waals surface area contributed by atoms with Gasteiger partial charge in [-0.25, -0.2) is 14.4 Å². The average Bonchev–Trinajstić information content (AvgIpc) is 3.49. The first kappa shape index (κ1) is 34.0. The maximum Gasteiger partial charge on any atom is 0.338 e. The third kappa shape index (κ3) is 8.23. The molecule has 0 saturated carbocycles. The number of carbonyl (C=O) groups is 4. The van der Waals surface area contributed by atoms with Crippen molar-refractivity contribution in [2.24, 2.45) is 0 Å². The molecule has 0 radical (unpaired) electrons. The first-order valence-corrected chi connectivity index (χ1v) is 16.6. The minimum atomic E-state index is -1.33. The van der Waals surface area contributed by atoms with E-state index in [0.29, 0.717) is 11.1 Å². The van der Waals surface area contributed by atoms with Gasteiger partial charge in [0, 0.05) is 17.8 Å². The number of rotatable bonds is 12. The number of hydrogen-bond donors (Lipinski definition) is 0. The van der Waals surface area contributed by atoms with Gasteiger partial charge < -0.3 is 18.9 Å². The van der Waals surface area contributed by atoms with Crippen molar-refractivity contribution in [2.75, 3.05) is 12.4 Å². The molecule has 1 saturated heterocycles. The van der Waals surface area contributed by atoms with Gasteiger partial charge in [-0.2, -0.15) is 4.98 Å². The monoisotopic (exact) mass is 690 g/mol. The van der Waals surface area contributed by atoms with E-state index in [4.69, 9.17) is 18.9 Å². The van der Waals surface area contributed by atoms with E-state index in [1.165, 1.54) is 16.8 Å². The predicted molar refractivity (Wildman–Crippen MR) is 182 cm³/mol. The summed E-state index contributed by atoms with van der Waals surface area (Å²) in [6, 6.07) is 34.6. The zero-order valence-corrected chi connectivity index (χ0v) is 27.2. The molecular weight excluding hydrogens is 660 g/mol. The fourth-order valence-electron chi connectivity index (χ4n) is 5.22. The smallest absolute Gasteiger partial charge is 0.338 e. The number of ketones is 1. The Balaban J connectivity index is 1.36. The Kier molecular flexibility index (Phi) is 10.9. The molecule has 5 aromatic rings. The molecule has 11 nitrogen and oxygen atoms in total.